The zero-order valence-electron chi connectivity index (χ0n) is 14.4. The molecule has 0 atom stereocenters. The van der Waals surface area contributed by atoms with Crippen molar-refractivity contribution in [2.24, 2.45) is 0 Å². The summed E-state index contributed by atoms with van der Waals surface area (Å²) < 4.78 is 1.38. The lowest BCUT2D eigenvalue weighted by atomic mass is 10.1. The van der Waals surface area contributed by atoms with Crippen LogP contribution in [0, 0.1) is 0 Å². The minimum Gasteiger partial charge on any atom is -0.352 e. The summed E-state index contributed by atoms with van der Waals surface area (Å²) in [5.74, 6) is -0.260. The van der Waals surface area contributed by atoms with E-state index in [1.807, 2.05) is 30.3 Å². The van der Waals surface area contributed by atoms with Crippen molar-refractivity contribution in [1.82, 2.24) is 14.7 Å². The lowest BCUT2D eigenvalue weighted by Crippen LogP contribution is -2.27. The van der Waals surface area contributed by atoms with Crippen molar-refractivity contribution in [3.63, 3.8) is 0 Å². The van der Waals surface area contributed by atoms with Gasteiger partial charge in [0.1, 0.15) is 0 Å². The van der Waals surface area contributed by atoms with Gasteiger partial charge in [0, 0.05) is 17.8 Å². The van der Waals surface area contributed by atoms with E-state index in [9.17, 15) is 9.59 Å². The average Bonchev–Trinajstić information content (AvgIpc) is 2.69. The second kappa shape index (κ2) is 7.21. The van der Waals surface area contributed by atoms with Crippen molar-refractivity contribution >= 4 is 34.1 Å². The number of pyridine rings is 1. The molecule has 6 heteroatoms. The molecular formula is C21H16ClN3O2. The van der Waals surface area contributed by atoms with E-state index in [4.69, 9.17) is 11.6 Å². The van der Waals surface area contributed by atoms with Gasteiger partial charge in [0.15, 0.2) is 5.65 Å². The normalized spacial score (nSPS) is 11.0. The molecule has 5 nitrogen and oxygen atoms in total. The van der Waals surface area contributed by atoms with Crippen LogP contribution in [0.4, 0.5) is 0 Å². The second-order valence-corrected chi connectivity index (χ2v) is 6.62. The molecule has 2 aromatic carbocycles. The van der Waals surface area contributed by atoms with Gasteiger partial charge in [0.05, 0.1) is 16.5 Å². The third-order valence-electron chi connectivity index (χ3n) is 4.39. The Bertz CT molecular complexity index is 1200. The number of fused-ring (bicyclic) bond motifs is 2. The average molecular weight is 378 g/mol. The largest absolute Gasteiger partial charge is 0.352 e. The monoisotopic (exact) mass is 377 g/mol. The molecule has 1 amide bonds. The number of halogens is 1. The zero-order valence-corrected chi connectivity index (χ0v) is 15.1. The van der Waals surface area contributed by atoms with E-state index in [1.54, 1.807) is 36.5 Å². The summed E-state index contributed by atoms with van der Waals surface area (Å²) in [6.45, 7) is 0.497. The highest BCUT2D eigenvalue weighted by atomic mass is 35.5. The first-order valence-electron chi connectivity index (χ1n) is 8.56. The first kappa shape index (κ1) is 17.2. The molecule has 0 saturated heterocycles. The number of nitrogens with zero attached hydrogens (tertiary/aromatic N) is 2. The number of nitrogens with one attached hydrogen (secondary N) is 1. The molecular weight excluding hydrogens is 362 g/mol. The van der Waals surface area contributed by atoms with Gasteiger partial charge in [0.2, 0.25) is 0 Å². The molecule has 0 aliphatic heterocycles. The van der Waals surface area contributed by atoms with Crippen LogP contribution in [-0.4, -0.2) is 21.8 Å². The molecule has 0 fully saturated rings. The molecule has 0 aliphatic rings. The van der Waals surface area contributed by atoms with E-state index in [2.05, 4.69) is 10.3 Å². The third-order valence-corrected chi connectivity index (χ3v) is 4.62. The molecule has 0 bridgehead atoms. The molecule has 27 heavy (non-hydrogen) atoms. The van der Waals surface area contributed by atoms with Gasteiger partial charge in [0.25, 0.3) is 11.5 Å². The van der Waals surface area contributed by atoms with Crippen LogP contribution in [0.1, 0.15) is 15.9 Å². The SMILES string of the molecule is O=C(NCCc1ccccc1)c1cccn2c(=O)c3cc(Cl)ccc3nc12. The third kappa shape index (κ3) is 3.41. The van der Waals surface area contributed by atoms with Crippen LogP contribution < -0.4 is 10.9 Å². The van der Waals surface area contributed by atoms with Crippen LogP contribution in [0.2, 0.25) is 5.02 Å². The summed E-state index contributed by atoms with van der Waals surface area (Å²) >= 11 is 5.99. The molecule has 4 rings (SSSR count). The standard InChI is InChI=1S/C21H16ClN3O2/c22-15-8-9-18-17(13-15)21(27)25-12-4-7-16(19(25)24-18)20(26)23-11-10-14-5-2-1-3-6-14/h1-9,12-13H,10-11H2,(H,23,26). The van der Waals surface area contributed by atoms with Gasteiger partial charge in [-0.1, -0.05) is 41.9 Å². The van der Waals surface area contributed by atoms with Crippen LogP contribution in [-0.2, 0) is 6.42 Å². The minimum atomic E-state index is -0.260. The Balaban J connectivity index is 1.67. The number of aromatic nitrogens is 2. The van der Waals surface area contributed by atoms with Gasteiger partial charge in [-0.15, -0.1) is 0 Å². The Hall–Kier alpha value is -3.18. The summed E-state index contributed by atoms with van der Waals surface area (Å²) in [6, 6.07) is 18.2. The Labute approximate surface area is 160 Å². The molecule has 0 spiro atoms. The Morgan fingerprint density at radius 3 is 2.70 bits per heavy atom. The smallest absolute Gasteiger partial charge is 0.265 e. The van der Waals surface area contributed by atoms with Gasteiger partial charge in [-0.2, -0.15) is 0 Å². The molecule has 4 aromatic rings. The van der Waals surface area contributed by atoms with Crippen LogP contribution in [0.25, 0.3) is 16.6 Å². The topological polar surface area (TPSA) is 63.5 Å². The number of hydrogen-bond donors (Lipinski definition) is 1. The molecule has 2 heterocycles. The summed E-state index contributed by atoms with van der Waals surface area (Å²) in [5, 5.41) is 3.79. The highest BCUT2D eigenvalue weighted by Gasteiger charge is 2.14. The Morgan fingerprint density at radius 1 is 1.07 bits per heavy atom. The summed E-state index contributed by atoms with van der Waals surface area (Å²) in [4.78, 5) is 29.9. The van der Waals surface area contributed by atoms with Gasteiger partial charge in [-0.3, -0.25) is 14.0 Å². The van der Waals surface area contributed by atoms with Gasteiger partial charge < -0.3 is 5.32 Å². The quantitative estimate of drug-likeness (QED) is 0.554. The fraction of sp³-hybridized carbons (Fsp3) is 0.0952. The second-order valence-electron chi connectivity index (χ2n) is 6.19. The first-order valence-corrected chi connectivity index (χ1v) is 8.94. The Morgan fingerprint density at radius 2 is 1.89 bits per heavy atom. The molecule has 0 aliphatic carbocycles. The molecule has 0 saturated carbocycles. The van der Waals surface area contributed by atoms with Crippen molar-refractivity contribution < 1.29 is 4.79 Å². The summed E-state index contributed by atoms with van der Waals surface area (Å²) in [7, 11) is 0. The van der Waals surface area contributed by atoms with Gasteiger partial charge in [-0.25, -0.2) is 4.98 Å². The first-order chi connectivity index (χ1) is 13.1. The number of carbonyl (C=O) groups excluding carboxylic acids is 1. The maximum Gasteiger partial charge on any atom is 0.265 e. The van der Waals surface area contributed by atoms with Crippen LogP contribution in [0.5, 0.6) is 0 Å². The molecule has 1 N–H and O–H groups in total. The molecule has 2 aromatic heterocycles. The molecule has 0 unspecified atom stereocenters. The predicted molar refractivity (Wildman–Crippen MR) is 106 cm³/mol. The predicted octanol–water partition coefficient (Wildman–Crippen LogP) is 3.47. The zero-order chi connectivity index (χ0) is 18.8. The van der Waals surface area contributed by atoms with E-state index >= 15 is 0 Å². The van der Waals surface area contributed by atoms with E-state index < -0.39 is 0 Å². The van der Waals surface area contributed by atoms with Crippen molar-refractivity contribution in [1.29, 1.82) is 0 Å². The van der Waals surface area contributed by atoms with Crippen molar-refractivity contribution in [3.05, 3.63) is 93.4 Å². The molecule has 0 radical (unpaired) electrons. The highest BCUT2D eigenvalue weighted by molar-refractivity contribution is 6.31. The van der Waals surface area contributed by atoms with E-state index in [0.717, 1.165) is 12.0 Å². The Kier molecular flexibility index (Phi) is 4.60. The lowest BCUT2D eigenvalue weighted by molar-refractivity contribution is 0.0955. The number of amides is 1. The van der Waals surface area contributed by atoms with Crippen molar-refractivity contribution in [2.75, 3.05) is 6.54 Å². The maximum atomic E-state index is 12.7. The van der Waals surface area contributed by atoms with Crippen molar-refractivity contribution in [2.45, 2.75) is 6.42 Å². The lowest BCUT2D eigenvalue weighted by Gasteiger charge is -2.09. The van der Waals surface area contributed by atoms with Gasteiger partial charge in [-0.05, 0) is 42.3 Å². The van der Waals surface area contributed by atoms with Crippen LogP contribution in [0.3, 0.4) is 0 Å². The fourth-order valence-corrected chi connectivity index (χ4v) is 3.21. The fourth-order valence-electron chi connectivity index (χ4n) is 3.04. The number of hydrogen-bond acceptors (Lipinski definition) is 3. The minimum absolute atomic E-state index is 0.253. The summed E-state index contributed by atoms with van der Waals surface area (Å²) in [5.41, 5.74) is 2.09. The summed E-state index contributed by atoms with van der Waals surface area (Å²) in [6.07, 6.45) is 2.33. The number of rotatable bonds is 4. The van der Waals surface area contributed by atoms with Crippen LogP contribution in [0.15, 0.2) is 71.7 Å². The molecule has 134 valence electrons. The van der Waals surface area contributed by atoms with Crippen molar-refractivity contribution in [3.8, 4) is 0 Å². The maximum absolute atomic E-state index is 12.7. The van der Waals surface area contributed by atoms with Crippen LogP contribution >= 0.6 is 11.6 Å². The van der Waals surface area contributed by atoms with E-state index in [0.29, 0.717) is 33.7 Å². The van der Waals surface area contributed by atoms with E-state index in [-0.39, 0.29) is 11.5 Å². The highest BCUT2D eigenvalue weighted by Crippen LogP contribution is 2.17. The van der Waals surface area contributed by atoms with E-state index in [1.165, 1.54) is 4.40 Å². The number of carbonyl (C=O) groups is 1. The van der Waals surface area contributed by atoms with Gasteiger partial charge >= 0.3 is 0 Å². The number of benzene rings is 2.